The van der Waals surface area contributed by atoms with Crippen LogP contribution in [0.25, 0.3) is 0 Å². The summed E-state index contributed by atoms with van der Waals surface area (Å²) in [5.41, 5.74) is -0.144. The molecule has 1 N–H and O–H groups in total. The lowest BCUT2D eigenvalue weighted by atomic mass is 9.75. The molecule has 0 aliphatic carbocycles. The number of carbonyl (C=O) groups excluding carboxylic acids is 3. The molecule has 4 aliphatic heterocycles. The van der Waals surface area contributed by atoms with E-state index in [-0.39, 0.29) is 17.9 Å². The lowest BCUT2D eigenvalue weighted by molar-refractivity contribution is -0.135. The van der Waals surface area contributed by atoms with Crippen LogP contribution in [0.4, 0.5) is 11.4 Å². The quantitative estimate of drug-likeness (QED) is 0.621. The summed E-state index contributed by atoms with van der Waals surface area (Å²) in [6.45, 7) is 0.585. The van der Waals surface area contributed by atoms with E-state index in [1.807, 2.05) is 4.90 Å². The van der Waals surface area contributed by atoms with Crippen molar-refractivity contribution in [3.05, 3.63) is 51.0 Å². The highest BCUT2D eigenvalue weighted by Gasteiger charge is 2.75. The van der Waals surface area contributed by atoms with Gasteiger partial charge in [0.15, 0.2) is 0 Å². The lowest BCUT2D eigenvalue weighted by Crippen LogP contribution is -2.54. The Kier molecular flexibility index (Phi) is 4.56. The molecule has 1 spiro atoms. The molecule has 0 aromatic heterocycles. The highest BCUT2D eigenvalue weighted by Crippen LogP contribution is 2.63. The fourth-order valence-corrected chi connectivity index (χ4v) is 7.16. The molecular formula is C23H18Cl3N3O4. The predicted octanol–water partition coefficient (Wildman–Crippen LogP) is 4.09. The Morgan fingerprint density at radius 1 is 1.06 bits per heavy atom. The molecule has 4 unspecified atom stereocenters. The summed E-state index contributed by atoms with van der Waals surface area (Å²) in [4.78, 5) is 44.6. The second kappa shape index (κ2) is 7.09. The van der Waals surface area contributed by atoms with E-state index in [4.69, 9.17) is 39.5 Å². The van der Waals surface area contributed by atoms with Crippen LogP contribution in [0.5, 0.6) is 5.75 Å². The molecule has 2 aromatic rings. The van der Waals surface area contributed by atoms with Gasteiger partial charge in [-0.2, -0.15) is 0 Å². The van der Waals surface area contributed by atoms with Crippen molar-refractivity contribution in [2.24, 2.45) is 11.8 Å². The van der Waals surface area contributed by atoms with Gasteiger partial charge in [0.2, 0.25) is 11.8 Å². The van der Waals surface area contributed by atoms with Crippen LogP contribution in [0.2, 0.25) is 15.1 Å². The van der Waals surface area contributed by atoms with Gasteiger partial charge in [0.05, 0.1) is 30.3 Å². The number of anilines is 2. The number of rotatable bonds is 2. The summed E-state index contributed by atoms with van der Waals surface area (Å²) in [6, 6.07) is 7.67. The first kappa shape index (κ1) is 21.2. The van der Waals surface area contributed by atoms with E-state index < -0.39 is 23.3 Å². The fraction of sp³-hybridized carbons (Fsp3) is 0.348. The maximum Gasteiger partial charge on any atom is 0.250 e. The van der Waals surface area contributed by atoms with Crippen LogP contribution >= 0.6 is 34.8 Å². The number of hydrogen-bond acceptors (Lipinski definition) is 5. The third-order valence-electron chi connectivity index (χ3n) is 7.38. The number of nitrogens with one attached hydrogen (secondary N) is 1. The summed E-state index contributed by atoms with van der Waals surface area (Å²) in [5, 5.41) is 3.88. The van der Waals surface area contributed by atoms with Crippen molar-refractivity contribution in [1.29, 1.82) is 0 Å². The van der Waals surface area contributed by atoms with E-state index >= 15 is 0 Å². The van der Waals surface area contributed by atoms with Gasteiger partial charge in [-0.1, -0.05) is 34.8 Å². The summed E-state index contributed by atoms with van der Waals surface area (Å²) >= 11 is 19.0. The number of methoxy groups -OCH3 is 1. The van der Waals surface area contributed by atoms with Crippen molar-refractivity contribution in [2.75, 3.05) is 23.9 Å². The number of fused-ring (bicyclic) bond motifs is 7. The normalized spacial score (nSPS) is 30.1. The predicted molar refractivity (Wildman–Crippen MR) is 124 cm³/mol. The lowest BCUT2D eigenvalue weighted by Gasteiger charge is -2.37. The Bertz CT molecular complexity index is 1250. The van der Waals surface area contributed by atoms with Crippen LogP contribution < -0.4 is 15.0 Å². The summed E-state index contributed by atoms with van der Waals surface area (Å²) in [5.74, 6) is -2.34. The molecule has 3 saturated heterocycles. The molecule has 6 rings (SSSR count). The summed E-state index contributed by atoms with van der Waals surface area (Å²) in [7, 11) is 1.51. The zero-order valence-electron chi connectivity index (χ0n) is 17.4. The highest BCUT2D eigenvalue weighted by molar-refractivity contribution is 6.36. The van der Waals surface area contributed by atoms with Crippen LogP contribution in [-0.4, -0.2) is 42.3 Å². The number of hydrogen-bond donors (Lipinski definition) is 1. The van der Waals surface area contributed by atoms with Gasteiger partial charge in [-0.3, -0.25) is 19.3 Å². The Labute approximate surface area is 204 Å². The maximum absolute atomic E-state index is 14.0. The molecule has 0 bridgehead atoms. The first-order chi connectivity index (χ1) is 15.8. The standard InChI is InChI=1S/C23H18Cl3N3O4/c1-33-15-5-4-13(26)17-19(15)27-22(32)23(17)18-16(14-3-2-6-28(14)23)20(30)29(21(18)31)12-8-10(24)7-11(25)9-12/h4-5,7-9,14,16,18H,2-3,6H2,1H3,(H,27,32). The highest BCUT2D eigenvalue weighted by atomic mass is 35.5. The first-order valence-corrected chi connectivity index (χ1v) is 11.7. The number of amides is 3. The molecule has 4 heterocycles. The van der Waals surface area contributed by atoms with Gasteiger partial charge in [0.25, 0.3) is 5.91 Å². The molecule has 33 heavy (non-hydrogen) atoms. The minimum absolute atomic E-state index is 0.259. The van der Waals surface area contributed by atoms with Crippen molar-refractivity contribution in [3.8, 4) is 5.75 Å². The molecule has 4 aliphatic rings. The van der Waals surface area contributed by atoms with E-state index in [1.54, 1.807) is 12.1 Å². The molecular weight excluding hydrogens is 489 g/mol. The number of halogens is 3. The fourth-order valence-electron chi connectivity index (χ4n) is 6.34. The van der Waals surface area contributed by atoms with Crippen molar-refractivity contribution >= 4 is 63.9 Å². The number of carbonyl (C=O) groups is 3. The minimum Gasteiger partial charge on any atom is -0.495 e. The van der Waals surface area contributed by atoms with Crippen molar-refractivity contribution < 1.29 is 19.1 Å². The second-order valence-electron chi connectivity index (χ2n) is 8.77. The average Bonchev–Trinajstić information content (AvgIpc) is 3.46. The van der Waals surface area contributed by atoms with Gasteiger partial charge in [-0.15, -0.1) is 0 Å². The van der Waals surface area contributed by atoms with Crippen molar-refractivity contribution in [3.63, 3.8) is 0 Å². The molecule has 7 nitrogen and oxygen atoms in total. The third kappa shape index (κ3) is 2.54. The van der Waals surface area contributed by atoms with E-state index in [0.717, 1.165) is 11.3 Å². The van der Waals surface area contributed by atoms with Crippen LogP contribution in [-0.2, 0) is 19.9 Å². The monoisotopic (exact) mass is 505 g/mol. The smallest absolute Gasteiger partial charge is 0.250 e. The molecule has 2 aromatic carbocycles. The minimum atomic E-state index is -1.39. The average molecular weight is 507 g/mol. The zero-order valence-corrected chi connectivity index (χ0v) is 19.7. The topological polar surface area (TPSA) is 79.0 Å². The Balaban J connectivity index is 1.59. The first-order valence-electron chi connectivity index (χ1n) is 10.6. The Morgan fingerprint density at radius 2 is 1.79 bits per heavy atom. The van der Waals surface area contributed by atoms with Gasteiger partial charge in [-0.05, 0) is 49.7 Å². The Hall–Kier alpha value is -2.32. The number of benzene rings is 2. The molecule has 0 radical (unpaired) electrons. The molecule has 3 fully saturated rings. The number of nitrogens with zero attached hydrogens (tertiary/aromatic N) is 2. The molecule has 10 heteroatoms. The molecule has 0 saturated carbocycles. The van der Waals surface area contributed by atoms with Gasteiger partial charge in [0.1, 0.15) is 11.3 Å². The van der Waals surface area contributed by atoms with Crippen LogP contribution in [0, 0.1) is 11.8 Å². The van der Waals surface area contributed by atoms with Crippen molar-refractivity contribution in [1.82, 2.24) is 4.90 Å². The zero-order chi connectivity index (χ0) is 23.2. The van der Waals surface area contributed by atoms with Gasteiger partial charge >= 0.3 is 0 Å². The number of ether oxygens (including phenoxy) is 1. The van der Waals surface area contributed by atoms with Crippen LogP contribution in [0.15, 0.2) is 30.3 Å². The van der Waals surface area contributed by atoms with Gasteiger partial charge in [-0.25, -0.2) is 4.90 Å². The second-order valence-corrected chi connectivity index (χ2v) is 10.0. The number of imide groups is 1. The summed E-state index contributed by atoms with van der Waals surface area (Å²) < 4.78 is 5.47. The molecule has 3 amide bonds. The van der Waals surface area contributed by atoms with Crippen LogP contribution in [0.1, 0.15) is 18.4 Å². The van der Waals surface area contributed by atoms with E-state index in [1.165, 1.54) is 25.3 Å². The molecule has 4 atom stereocenters. The van der Waals surface area contributed by atoms with Crippen LogP contribution in [0.3, 0.4) is 0 Å². The largest absolute Gasteiger partial charge is 0.495 e. The third-order valence-corrected chi connectivity index (χ3v) is 8.13. The SMILES string of the molecule is COc1ccc(Cl)c2c1NC(=O)C21C2C(=O)N(c3cc(Cl)cc(Cl)c3)C(=O)C2C2CCCN21. The van der Waals surface area contributed by atoms with Crippen molar-refractivity contribution in [2.45, 2.75) is 24.4 Å². The summed E-state index contributed by atoms with van der Waals surface area (Å²) in [6.07, 6.45) is 1.51. The van der Waals surface area contributed by atoms with Gasteiger partial charge < -0.3 is 10.1 Å². The van der Waals surface area contributed by atoms with E-state index in [0.29, 0.717) is 50.7 Å². The Morgan fingerprint density at radius 3 is 2.48 bits per heavy atom. The maximum atomic E-state index is 14.0. The van der Waals surface area contributed by atoms with Gasteiger partial charge in [0, 0.05) is 26.7 Å². The van der Waals surface area contributed by atoms with E-state index in [2.05, 4.69) is 5.32 Å². The molecule has 170 valence electrons. The van der Waals surface area contributed by atoms with E-state index in [9.17, 15) is 14.4 Å².